The van der Waals surface area contributed by atoms with Gasteiger partial charge in [0.25, 0.3) is 0 Å². The van der Waals surface area contributed by atoms with E-state index in [0.717, 1.165) is 32.3 Å². The van der Waals surface area contributed by atoms with E-state index in [2.05, 4.69) is 0 Å². The molecule has 1 heterocycles. The van der Waals surface area contributed by atoms with Crippen LogP contribution in [0.15, 0.2) is 0 Å². The van der Waals surface area contributed by atoms with Crippen molar-refractivity contribution in [1.29, 1.82) is 0 Å². The minimum atomic E-state index is 0.0502. The molecule has 1 atom stereocenters. The normalized spacial score (nSPS) is 23.8. The van der Waals surface area contributed by atoms with Crippen LogP contribution in [0.2, 0.25) is 0 Å². The van der Waals surface area contributed by atoms with Gasteiger partial charge in [-0.05, 0) is 25.7 Å². The number of rotatable bonds is 5. The van der Waals surface area contributed by atoms with Crippen LogP contribution in [0.25, 0.3) is 0 Å². The highest BCUT2D eigenvalue weighted by Gasteiger charge is 2.16. The van der Waals surface area contributed by atoms with Crippen LogP contribution in [0.1, 0.15) is 25.7 Å². The highest BCUT2D eigenvalue weighted by molar-refractivity contribution is 4.67. The monoisotopic (exact) mass is 174 g/mol. The zero-order valence-corrected chi connectivity index (χ0v) is 7.41. The van der Waals surface area contributed by atoms with E-state index in [0.29, 0.717) is 6.10 Å². The van der Waals surface area contributed by atoms with Gasteiger partial charge in [0.1, 0.15) is 0 Å². The van der Waals surface area contributed by atoms with Crippen LogP contribution in [-0.4, -0.2) is 36.1 Å². The Kier molecular flexibility index (Phi) is 4.58. The Morgan fingerprint density at radius 3 is 2.58 bits per heavy atom. The zero-order chi connectivity index (χ0) is 8.81. The molecule has 0 spiro atoms. The molecule has 1 aliphatic heterocycles. The van der Waals surface area contributed by atoms with Crippen molar-refractivity contribution >= 4 is 0 Å². The lowest BCUT2D eigenvalue weighted by atomic mass is 10.0. The van der Waals surface area contributed by atoms with E-state index in [1.54, 1.807) is 0 Å². The molecule has 12 heavy (non-hydrogen) atoms. The molecule has 72 valence electrons. The van der Waals surface area contributed by atoms with E-state index < -0.39 is 0 Å². The van der Waals surface area contributed by atoms with Crippen LogP contribution in [0.4, 0.5) is 0 Å². The average molecular weight is 174 g/mol. The number of hydrogen-bond acceptors (Lipinski definition) is 3. The summed E-state index contributed by atoms with van der Waals surface area (Å²) in [5.74, 6) is 0.0502. The van der Waals surface area contributed by atoms with Gasteiger partial charge in [-0.2, -0.15) is 0 Å². The van der Waals surface area contributed by atoms with Crippen LogP contribution in [0.3, 0.4) is 0 Å². The molecule has 1 aliphatic rings. The van der Waals surface area contributed by atoms with Crippen LogP contribution < -0.4 is 0 Å². The molecule has 0 aliphatic carbocycles. The summed E-state index contributed by atoms with van der Waals surface area (Å²) >= 11 is 0. The minimum absolute atomic E-state index is 0.0502. The summed E-state index contributed by atoms with van der Waals surface area (Å²) in [7, 11) is 0. The summed E-state index contributed by atoms with van der Waals surface area (Å²) in [6.07, 6.45) is 4.53. The van der Waals surface area contributed by atoms with Gasteiger partial charge in [0.15, 0.2) is 0 Å². The third-order valence-electron chi connectivity index (χ3n) is 2.44. The molecule has 0 aromatic carbocycles. The van der Waals surface area contributed by atoms with Crippen LogP contribution in [-0.2, 0) is 4.74 Å². The topological polar surface area (TPSA) is 49.7 Å². The van der Waals surface area contributed by atoms with Gasteiger partial charge in [-0.3, -0.25) is 0 Å². The molecule has 2 N–H and O–H groups in total. The smallest absolute Gasteiger partial charge is 0.0576 e. The van der Waals surface area contributed by atoms with Crippen molar-refractivity contribution in [1.82, 2.24) is 0 Å². The summed E-state index contributed by atoms with van der Waals surface area (Å²) < 4.78 is 5.43. The third kappa shape index (κ3) is 3.09. The summed E-state index contributed by atoms with van der Waals surface area (Å²) in [6, 6.07) is 0. The number of ether oxygens (including phenoxy) is 1. The maximum absolute atomic E-state index is 8.80. The summed E-state index contributed by atoms with van der Waals surface area (Å²) in [5.41, 5.74) is 0. The fraction of sp³-hybridized carbons (Fsp3) is 1.00. The molecule has 1 unspecified atom stereocenters. The van der Waals surface area contributed by atoms with E-state index in [-0.39, 0.29) is 19.1 Å². The van der Waals surface area contributed by atoms with Crippen molar-refractivity contribution in [2.24, 2.45) is 5.92 Å². The molecule has 1 fully saturated rings. The Balaban J connectivity index is 2.06. The van der Waals surface area contributed by atoms with Gasteiger partial charge in [0, 0.05) is 25.7 Å². The van der Waals surface area contributed by atoms with Gasteiger partial charge in [0.05, 0.1) is 6.10 Å². The molecular weight excluding hydrogens is 156 g/mol. The molecular formula is C9H18O3. The van der Waals surface area contributed by atoms with Crippen LogP contribution in [0, 0.1) is 5.92 Å². The van der Waals surface area contributed by atoms with Crippen molar-refractivity contribution in [2.45, 2.75) is 31.8 Å². The van der Waals surface area contributed by atoms with Gasteiger partial charge in [-0.25, -0.2) is 0 Å². The predicted octanol–water partition coefficient (Wildman–Crippen LogP) is 0.546. The molecule has 3 nitrogen and oxygen atoms in total. The van der Waals surface area contributed by atoms with Crippen LogP contribution >= 0.6 is 0 Å². The lowest BCUT2D eigenvalue weighted by molar-refractivity contribution is 0.0830. The molecule has 0 amide bonds. The van der Waals surface area contributed by atoms with Gasteiger partial charge in [-0.1, -0.05) is 0 Å². The Morgan fingerprint density at radius 2 is 2.08 bits per heavy atom. The lowest BCUT2D eigenvalue weighted by Crippen LogP contribution is -2.14. The van der Waals surface area contributed by atoms with Gasteiger partial charge in [0.2, 0.25) is 0 Å². The number of aliphatic hydroxyl groups is 2. The second kappa shape index (κ2) is 5.51. The highest BCUT2D eigenvalue weighted by Crippen LogP contribution is 2.19. The standard InChI is InChI=1S/C9H18O3/c10-6-8(7-11)3-4-9-2-1-5-12-9/h8-11H,1-7H2. The quantitative estimate of drug-likeness (QED) is 0.640. The summed E-state index contributed by atoms with van der Waals surface area (Å²) in [5, 5.41) is 17.6. The van der Waals surface area contributed by atoms with E-state index in [1.165, 1.54) is 0 Å². The molecule has 0 bridgehead atoms. The molecule has 0 saturated carbocycles. The van der Waals surface area contributed by atoms with Crippen molar-refractivity contribution in [3.05, 3.63) is 0 Å². The first kappa shape index (κ1) is 9.96. The highest BCUT2D eigenvalue weighted by atomic mass is 16.5. The Bertz CT molecular complexity index is 104. The Labute approximate surface area is 73.4 Å². The fourth-order valence-electron chi connectivity index (χ4n) is 1.53. The molecule has 0 radical (unpaired) electrons. The predicted molar refractivity (Wildman–Crippen MR) is 45.9 cm³/mol. The van der Waals surface area contributed by atoms with Gasteiger partial charge < -0.3 is 14.9 Å². The second-order valence-electron chi connectivity index (χ2n) is 3.44. The molecule has 1 rings (SSSR count). The average Bonchev–Trinajstić information content (AvgIpc) is 2.59. The van der Waals surface area contributed by atoms with Gasteiger partial charge >= 0.3 is 0 Å². The number of hydrogen-bond donors (Lipinski definition) is 2. The van der Waals surface area contributed by atoms with E-state index in [1.807, 2.05) is 0 Å². The largest absolute Gasteiger partial charge is 0.396 e. The first-order valence-corrected chi connectivity index (χ1v) is 4.70. The first-order valence-electron chi connectivity index (χ1n) is 4.70. The van der Waals surface area contributed by atoms with E-state index in [4.69, 9.17) is 14.9 Å². The second-order valence-corrected chi connectivity index (χ2v) is 3.44. The van der Waals surface area contributed by atoms with Crippen molar-refractivity contribution < 1.29 is 14.9 Å². The molecule has 3 heteroatoms. The van der Waals surface area contributed by atoms with E-state index in [9.17, 15) is 0 Å². The third-order valence-corrected chi connectivity index (χ3v) is 2.44. The number of aliphatic hydroxyl groups excluding tert-OH is 2. The summed E-state index contributed by atoms with van der Waals surface area (Å²) in [4.78, 5) is 0. The van der Waals surface area contributed by atoms with Crippen molar-refractivity contribution in [3.63, 3.8) is 0 Å². The lowest BCUT2D eigenvalue weighted by Gasteiger charge is -2.13. The SMILES string of the molecule is OCC(CO)CCC1CCCO1. The van der Waals surface area contributed by atoms with Crippen molar-refractivity contribution in [3.8, 4) is 0 Å². The maximum atomic E-state index is 8.80. The zero-order valence-electron chi connectivity index (χ0n) is 7.41. The Hall–Kier alpha value is -0.120. The Morgan fingerprint density at radius 1 is 1.33 bits per heavy atom. The molecule has 1 saturated heterocycles. The fourth-order valence-corrected chi connectivity index (χ4v) is 1.53. The van der Waals surface area contributed by atoms with Crippen molar-refractivity contribution in [2.75, 3.05) is 19.8 Å². The minimum Gasteiger partial charge on any atom is -0.396 e. The summed E-state index contributed by atoms with van der Waals surface area (Å²) in [6.45, 7) is 1.06. The first-order chi connectivity index (χ1) is 5.86. The van der Waals surface area contributed by atoms with Crippen LogP contribution in [0.5, 0.6) is 0 Å². The molecule has 0 aromatic rings. The molecule has 0 aromatic heterocycles. The van der Waals surface area contributed by atoms with E-state index >= 15 is 0 Å². The maximum Gasteiger partial charge on any atom is 0.0576 e. The van der Waals surface area contributed by atoms with Gasteiger partial charge in [-0.15, -0.1) is 0 Å².